The van der Waals surface area contributed by atoms with Crippen LogP contribution in [0.1, 0.15) is 15.9 Å². The first-order chi connectivity index (χ1) is 14.5. The first-order valence-electron chi connectivity index (χ1n) is 8.92. The maximum absolute atomic E-state index is 12.6. The molecule has 0 unspecified atom stereocenters. The van der Waals surface area contributed by atoms with E-state index in [2.05, 4.69) is 16.2 Å². The normalized spacial score (nSPS) is 10.2. The summed E-state index contributed by atoms with van der Waals surface area (Å²) in [7, 11) is 1.48. The van der Waals surface area contributed by atoms with Gasteiger partial charge in [0, 0.05) is 11.2 Å². The molecule has 3 N–H and O–H groups in total. The van der Waals surface area contributed by atoms with Crippen LogP contribution in [-0.4, -0.2) is 23.6 Å². The van der Waals surface area contributed by atoms with Crippen LogP contribution in [0.15, 0.2) is 71.7 Å². The standard InChI is InChI=1S/C21H19ClN4O4/c1-30-18-10-3-2-9-17(18)23-21(29)25-24-19(27)16-8-5-11-26(20(16)28)13-14-6-4-7-15(22)12-14/h2-12H,13H2,1H3,(H,24,27)(H2,23,25,29). The lowest BCUT2D eigenvalue weighted by Crippen LogP contribution is -2.45. The van der Waals surface area contributed by atoms with Gasteiger partial charge < -0.3 is 14.6 Å². The van der Waals surface area contributed by atoms with Crippen LogP contribution in [0.2, 0.25) is 5.02 Å². The summed E-state index contributed by atoms with van der Waals surface area (Å²) in [6.45, 7) is 0.252. The molecule has 0 spiro atoms. The lowest BCUT2D eigenvalue weighted by Gasteiger charge is -2.12. The fourth-order valence-corrected chi connectivity index (χ4v) is 2.96. The smallest absolute Gasteiger partial charge is 0.338 e. The molecule has 0 fully saturated rings. The van der Waals surface area contributed by atoms with Gasteiger partial charge in [0.05, 0.1) is 19.3 Å². The van der Waals surface area contributed by atoms with Gasteiger partial charge in [-0.3, -0.25) is 15.0 Å². The van der Waals surface area contributed by atoms with E-state index in [-0.39, 0.29) is 12.1 Å². The van der Waals surface area contributed by atoms with Crippen molar-refractivity contribution in [2.75, 3.05) is 12.4 Å². The van der Waals surface area contributed by atoms with Crippen molar-refractivity contribution >= 4 is 29.2 Å². The molecule has 154 valence electrons. The number of carbonyl (C=O) groups excluding carboxylic acids is 2. The van der Waals surface area contributed by atoms with Gasteiger partial charge in [0.1, 0.15) is 11.3 Å². The Morgan fingerprint density at radius 2 is 1.83 bits per heavy atom. The van der Waals surface area contributed by atoms with Gasteiger partial charge in [-0.2, -0.15) is 0 Å². The molecule has 2 aromatic carbocycles. The Labute approximate surface area is 177 Å². The summed E-state index contributed by atoms with van der Waals surface area (Å²) in [6.07, 6.45) is 1.57. The summed E-state index contributed by atoms with van der Waals surface area (Å²) in [6, 6.07) is 16.2. The molecule has 1 aromatic heterocycles. The molecular weight excluding hydrogens is 408 g/mol. The first kappa shape index (κ1) is 20.9. The highest BCUT2D eigenvalue weighted by Crippen LogP contribution is 2.22. The average Bonchev–Trinajstić information content (AvgIpc) is 2.74. The Morgan fingerprint density at radius 1 is 1.03 bits per heavy atom. The molecule has 0 radical (unpaired) electrons. The number of ether oxygens (including phenoxy) is 1. The Bertz CT molecular complexity index is 1130. The van der Waals surface area contributed by atoms with Gasteiger partial charge >= 0.3 is 6.03 Å². The number of benzene rings is 2. The molecule has 0 saturated heterocycles. The van der Waals surface area contributed by atoms with Crippen LogP contribution in [0.4, 0.5) is 10.5 Å². The summed E-state index contributed by atoms with van der Waals surface area (Å²) >= 11 is 5.98. The summed E-state index contributed by atoms with van der Waals surface area (Å²) in [5, 5.41) is 3.10. The third-order valence-corrected chi connectivity index (χ3v) is 4.39. The Hall–Kier alpha value is -3.78. The van der Waals surface area contributed by atoms with Gasteiger partial charge in [-0.15, -0.1) is 0 Å². The zero-order valence-electron chi connectivity index (χ0n) is 16.0. The molecule has 0 saturated carbocycles. The third-order valence-electron chi connectivity index (χ3n) is 4.15. The summed E-state index contributed by atoms with van der Waals surface area (Å²) in [5.74, 6) is -0.276. The average molecular weight is 427 g/mol. The highest BCUT2D eigenvalue weighted by molar-refractivity contribution is 6.30. The van der Waals surface area contributed by atoms with E-state index in [1.54, 1.807) is 54.7 Å². The Morgan fingerprint density at radius 3 is 2.60 bits per heavy atom. The van der Waals surface area contributed by atoms with Crippen molar-refractivity contribution in [2.45, 2.75) is 6.54 Å². The van der Waals surface area contributed by atoms with E-state index in [4.69, 9.17) is 16.3 Å². The van der Waals surface area contributed by atoms with Crippen molar-refractivity contribution in [2.24, 2.45) is 0 Å². The number of halogens is 1. The van der Waals surface area contributed by atoms with Crippen LogP contribution in [0.3, 0.4) is 0 Å². The molecule has 1 heterocycles. The quantitative estimate of drug-likeness (QED) is 0.546. The van der Waals surface area contributed by atoms with Crippen LogP contribution >= 0.6 is 11.6 Å². The van der Waals surface area contributed by atoms with E-state index >= 15 is 0 Å². The van der Waals surface area contributed by atoms with Crippen LogP contribution in [-0.2, 0) is 6.54 Å². The fraction of sp³-hybridized carbons (Fsp3) is 0.0952. The molecule has 9 heteroatoms. The molecule has 30 heavy (non-hydrogen) atoms. The van der Waals surface area contributed by atoms with Crippen molar-refractivity contribution in [3.8, 4) is 5.75 Å². The molecule has 0 aliphatic carbocycles. The Balaban J connectivity index is 1.65. The number of nitrogens with zero attached hydrogens (tertiary/aromatic N) is 1. The number of carbonyl (C=O) groups is 2. The van der Waals surface area contributed by atoms with Gasteiger partial charge in [0.2, 0.25) is 0 Å². The molecule has 0 atom stereocenters. The molecular formula is C21H19ClN4O4. The predicted molar refractivity (Wildman–Crippen MR) is 114 cm³/mol. The highest BCUT2D eigenvalue weighted by Gasteiger charge is 2.14. The molecule has 0 aliphatic rings. The second-order valence-corrected chi connectivity index (χ2v) is 6.65. The zero-order valence-corrected chi connectivity index (χ0v) is 16.8. The number of amides is 3. The number of anilines is 1. The topological polar surface area (TPSA) is 101 Å². The van der Waals surface area contributed by atoms with Crippen molar-refractivity contribution in [3.05, 3.63) is 93.4 Å². The van der Waals surface area contributed by atoms with E-state index < -0.39 is 17.5 Å². The molecule has 3 amide bonds. The summed E-state index contributed by atoms with van der Waals surface area (Å²) in [5.41, 5.74) is 5.07. The third kappa shape index (κ3) is 5.18. The first-order valence-corrected chi connectivity index (χ1v) is 9.30. The number of nitrogens with one attached hydrogen (secondary N) is 3. The predicted octanol–water partition coefficient (Wildman–Crippen LogP) is 3.03. The Kier molecular flexibility index (Phi) is 6.71. The van der Waals surface area contributed by atoms with Crippen molar-refractivity contribution in [1.29, 1.82) is 0 Å². The van der Waals surface area contributed by atoms with Gasteiger partial charge in [-0.05, 0) is 42.0 Å². The number of rotatable bonds is 5. The summed E-state index contributed by atoms with van der Waals surface area (Å²) in [4.78, 5) is 37.1. The minimum Gasteiger partial charge on any atom is -0.495 e. The number of pyridine rings is 1. The van der Waals surface area contributed by atoms with Gasteiger partial charge in [0.25, 0.3) is 11.5 Å². The maximum atomic E-state index is 12.6. The minimum absolute atomic E-state index is 0.114. The van der Waals surface area contributed by atoms with Gasteiger partial charge in [0.15, 0.2) is 0 Å². The van der Waals surface area contributed by atoms with Crippen molar-refractivity contribution in [3.63, 3.8) is 0 Å². The highest BCUT2D eigenvalue weighted by atomic mass is 35.5. The monoisotopic (exact) mass is 426 g/mol. The van der Waals surface area contributed by atoms with Gasteiger partial charge in [-0.1, -0.05) is 35.9 Å². The SMILES string of the molecule is COc1ccccc1NC(=O)NNC(=O)c1cccn(Cc2cccc(Cl)c2)c1=O. The molecule has 8 nitrogen and oxygen atoms in total. The number of urea groups is 1. The van der Waals surface area contributed by atoms with Crippen molar-refractivity contribution < 1.29 is 14.3 Å². The number of hydrogen-bond donors (Lipinski definition) is 3. The molecule has 3 rings (SSSR count). The van der Waals surface area contributed by atoms with Gasteiger partial charge in [-0.25, -0.2) is 10.2 Å². The molecule has 0 aliphatic heterocycles. The number of hydrogen-bond acceptors (Lipinski definition) is 4. The van der Waals surface area contributed by atoms with E-state index in [0.29, 0.717) is 16.5 Å². The molecule has 3 aromatic rings. The fourth-order valence-electron chi connectivity index (χ4n) is 2.75. The van der Waals surface area contributed by atoms with Crippen LogP contribution < -0.4 is 26.5 Å². The van der Waals surface area contributed by atoms with E-state index in [1.165, 1.54) is 17.7 Å². The van der Waals surface area contributed by atoms with E-state index in [1.807, 2.05) is 6.07 Å². The molecule has 0 bridgehead atoms. The summed E-state index contributed by atoms with van der Waals surface area (Å²) < 4.78 is 6.53. The largest absolute Gasteiger partial charge is 0.495 e. The number of aromatic nitrogens is 1. The maximum Gasteiger partial charge on any atom is 0.338 e. The zero-order chi connectivity index (χ0) is 21.5. The van der Waals surface area contributed by atoms with Crippen molar-refractivity contribution in [1.82, 2.24) is 15.4 Å². The van der Waals surface area contributed by atoms with E-state index in [0.717, 1.165) is 5.56 Å². The lowest BCUT2D eigenvalue weighted by molar-refractivity contribution is 0.0936. The van der Waals surface area contributed by atoms with Crippen LogP contribution in [0.5, 0.6) is 5.75 Å². The number of para-hydroxylation sites is 2. The number of hydrazine groups is 1. The van der Waals surface area contributed by atoms with Crippen LogP contribution in [0, 0.1) is 0 Å². The minimum atomic E-state index is -0.740. The second-order valence-electron chi connectivity index (χ2n) is 6.22. The second kappa shape index (κ2) is 9.62. The van der Waals surface area contributed by atoms with Crippen LogP contribution in [0.25, 0.3) is 0 Å². The lowest BCUT2D eigenvalue weighted by atomic mass is 10.2. The number of methoxy groups -OCH3 is 1. The van der Waals surface area contributed by atoms with E-state index in [9.17, 15) is 14.4 Å².